The minimum Gasteiger partial charge on any atom is -0.381 e. The quantitative estimate of drug-likeness (QED) is 0.527. The van der Waals surface area contributed by atoms with Crippen LogP contribution in [0.2, 0.25) is 0 Å². The van der Waals surface area contributed by atoms with Crippen molar-refractivity contribution >= 4 is 23.5 Å². The number of amides is 3. The maximum Gasteiger partial charge on any atom is 0.416 e. The third-order valence-electron chi connectivity index (χ3n) is 9.81. The molecular formula is C31H33F3N6O4. The van der Waals surface area contributed by atoms with Gasteiger partial charge in [-0.3, -0.25) is 19.3 Å². The lowest BCUT2D eigenvalue weighted by molar-refractivity contribution is -0.137. The fourth-order valence-electron chi connectivity index (χ4n) is 7.42. The Hall–Kier alpha value is -3.92. The first-order chi connectivity index (χ1) is 21.1. The Morgan fingerprint density at radius 1 is 1.14 bits per heavy atom. The molecule has 3 amide bonds. The van der Waals surface area contributed by atoms with Crippen molar-refractivity contribution in [3.63, 3.8) is 0 Å². The van der Waals surface area contributed by atoms with Gasteiger partial charge in [0.2, 0.25) is 0 Å². The van der Waals surface area contributed by atoms with Crippen LogP contribution in [-0.2, 0) is 15.7 Å². The lowest BCUT2D eigenvalue weighted by Crippen LogP contribution is -2.56. The molecule has 1 aromatic carbocycles. The van der Waals surface area contributed by atoms with Crippen molar-refractivity contribution in [2.45, 2.75) is 81.7 Å². The zero-order valence-electron chi connectivity index (χ0n) is 24.2. The number of aromatic nitrogens is 2. The summed E-state index contributed by atoms with van der Waals surface area (Å²) in [6.07, 6.45) is -0.341. The maximum absolute atomic E-state index is 14.3. The number of halogens is 3. The molecule has 3 aliphatic heterocycles. The molecule has 1 unspecified atom stereocenters. The van der Waals surface area contributed by atoms with Crippen molar-refractivity contribution in [1.29, 1.82) is 5.26 Å². The predicted octanol–water partition coefficient (Wildman–Crippen LogP) is 4.04. The normalized spacial score (nSPS) is 28.3. The predicted molar refractivity (Wildman–Crippen MR) is 150 cm³/mol. The molecule has 7 rings (SSSR count). The lowest BCUT2D eigenvalue weighted by atomic mass is 9.82. The van der Waals surface area contributed by atoms with Crippen LogP contribution in [0.15, 0.2) is 24.3 Å². The van der Waals surface area contributed by atoms with E-state index in [2.05, 4.69) is 11.4 Å². The molecule has 10 nitrogen and oxygen atoms in total. The largest absolute Gasteiger partial charge is 0.416 e. The van der Waals surface area contributed by atoms with Crippen molar-refractivity contribution in [2.75, 3.05) is 24.7 Å². The molecule has 1 N–H and O–H groups in total. The summed E-state index contributed by atoms with van der Waals surface area (Å²) in [4.78, 5) is 45.2. The number of nitrogens with zero attached hydrogens (tertiary/aromatic N) is 5. The molecule has 2 saturated heterocycles. The van der Waals surface area contributed by atoms with E-state index in [1.54, 1.807) is 16.5 Å². The number of nitriles is 1. The van der Waals surface area contributed by atoms with Crippen LogP contribution in [-0.4, -0.2) is 70.3 Å². The number of carbonyl (C=O) groups is 3. The summed E-state index contributed by atoms with van der Waals surface area (Å²) < 4.78 is 47.6. The van der Waals surface area contributed by atoms with Crippen molar-refractivity contribution < 1.29 is 32.3 Å². The highest BCUT2D eigenvalue weighted by Crippen LogP contribution is 2.53. The van der Waals surface area contributed by atoms with Crippen LogP contribution in [0.1, 0.15) is 89.4 Å². The van der Waals surface area contributed by atoms with Crippen LogP contribution >= 0.6 is 0 Å². The van der Waals surface area contributed by atoms with Crippen molar-refractivity contribution in [3.8, 4) is 6.07 Å². The maximum atomic E-state index is 14.3. The second-order valence-electron chi connectivity index (χ2n) is 12.5. The van der Waals surface area contributed by atoms with Gasteiger partial charge < -0.3 is 15.0 Å². The number of piperidine rings is 1. The van der Waals surface area contributed by atoms with Crippen LogP contribution in [0.25, 0.3) is 0 Å². The topological polar surface area (TPSA) is 121 Å². The minimum atomic E-state index is -4.63. The van der Waals surface area contributed by atoms with E-state index >= 15 is 0 Å². The number of ether oxygens (including phenoxy) is 1. The number of likely N-dealkylation sites (N-methyl/N-ethyl adjacent to an activating group) is 1. The van der Waals surface area contributed by atoms with E-state index in [9.17, 15) is 32.8 Å². The molecule has 44 heavy (non-hydrogen) atoms. The van der Waals surface area contributed by atoms with E-state index < -0.39 is 35.6 Å². The molecule has 2 saturated carbocycles. The van der Waals surface area contributed by atoms with E-state index in [4.69, 9.17) is 9.84 Å². The average molecular weight is 611 g/mol. The van der Waals surface area contributed by atoms with Gasteiger partial charge in [0.25, 0.3) is 17.7 Å². The van der Waals surface area contributed by atoms with E-state index in [-0.39, 0.29) is 47.6 Å². The Kier molecular flexibility index (Phi) is 6.95. The minimum absolute atomic E-state index is 0.0145. The van der Waals surface area contributed by atoms with Gasteiger partial charge in [0.1, 0.15) is 17.9 Å². The molecule has 0 bridgehead atoms. The number of likely N-dealkylation sites (tertiary alicyclic amines) is 1. The number of rotatable bonds is 6. The van der Waals surface area contributed by atoms with Crippen LogP contribution in [0.4, 0.5) is 19.0 Å². The Balaban J connectivity index is 1.33. The second-order valence-corrected chi connectivity index (χ2v) is 12.5. The van der Waals surface area contributed by atoms with Crippen molar-refractivity contribution in [3.05, 3.63) is 46.6 Å². The van der Waals surface area contributed by atoms with Crippen molar-refractivity contribution in [2.24, 2.45) is 11.8 Å². The number of carbonyl (C=O) groups excluding carboxylic acids is 3. The van der Waals surface area contributed by atoms with Gasteiger partial charge in [-0.25, -0.2) is 4.68 Å². The number of fused-ring (bicyclic) bond motifs is 2. The summed E-state index contributed by atoms with van der Waals surface area (Å²) in [5.41, 5.74) is -0.391. The molecule has 13 heteroatoms. The van der Waals surface area contributed by atoms with E-state index in [1.807, 2.05) is 0 Å². The summed E-state index contributed by atoms with van der Waals surface area (Å²) >= 11 is 0. The highest BCUT2D eigenvalue weighted by molar-refractivity contribution is 6.07. The first kappa shape index (κ1) is 28.8. The molecule has 5 aliphatic rings. The van der Waals surface area contributed by atoms with Gasteiger partial charge in [0.15, 0.2) is 5.69 Å². The van der Waals surface area contributed by atoms with Gasteiger partial charge in [-0.15, -0.1) is 0 Å². The molecule has 1 aromatic heterocycles. The fraction of sp³-hybridized carbons (Fsp3) is 0.581. The Morgan fingerprint density at radius 3 is 2.55 bits per heavy atom. The highest BCUT2D eigenvalue weighted by atomic mass is 19.4. The number of anilines is 1. The Morgan fingerprint density at radius 2 is 1.89 bits per heavy atom. The third kappa shape index (κ3) is 4.74. The van der Waals surface area contributed by atoms with E-state index in [0.29, 0.717) is 49.8 Å². The molecule has 0 radical (unpaired) electrons. The zero-order chi connectivity index (χ0) is 30.9. The van der Waals surface area contributed by atoms with Gasteiger partial charge in [0.05, 0.1) is 17.7 Å². The second kappa shape index (κ2) is 10.6. The van der Waals surface area contributed by atoms with Crippen LogP contribution in [0, 0.1) is 23.2 Å². The summed E-state index contributed by atoms with van der Waals surface area (Å²) in [7, 11) is 0. The van der Waals surface area contributed by atoms with Gasteiger partial charge in [-0.1, -0.05) is 6.07 Å². The number of nitrogens with one attached hydrogen (secondary N) is 1. The third-order valence-corrected chi connectivity index (χ3v) is 9.81. The first-order valence-corrected chi connectivity index (χ1v) is 15.3. The summed E-state index contributed by atoms with van der Waals surface area (Å²) in [6, 6.07) is 4.59. The summed E-state index contributed by atoms with van der Waals surface area (Å²) in [6.45, 7) is 3.05. The molecular weight excluding hydrogens is 577 g/mol. The summed E-state index contributed by atoms with van der Waals surface area (Å²) in [5.74, 6) is -1.32. The SMILES string of the molecule is CCN1C(=O)[C@@H](NC(=O)c2cccc(C(F)(F)F)c2)C(C2CC2)c2c(C(=O)N3[C@H](C#N)C[C@H]4C[C@H]43)nn(C3CCOCC3)c21. The monoisotopic (exact) mass is 610 g/mol. The smallest absolute Gasteiger partial charge is 0.381 e. The lowest BCUT2D eigenvalue weighted by Gasteiger charge is -2.39. The summed E-state index contributed by atoms with van der Waals surface area (Å²) in [5, 5.41) is 17.5. The molecule has 4 heterocycles. The number of hydrogen-bond acceptors (Lipinski definition) is 6. The fourth-order valence-corrected chi connectivity index (χ4v) is 7.42. The van der Waals surface area contributed by atoms with Gasteiger partial charge in [-0.2, -0.15) is 23.5 Å². The molecule has 2 aromatic rings. The molecule has 0 spiro atoms. The van der Waals surface area contributed by atoms with Gasteiger partial charge in [-0.05, 0) is 75.5 Å². The Labute approximate surface area is 252 Å². The number of benzene rings is 1. The first-order valence-electron chi connectivity index (χ1n) is 15.3. The number of hydrogen-bond donors (Lipinski definition) is 1. The van der Waals surface area contributed by atoms with Crippen molar-refractivity contribution in [1.82, 2.24) is 20.0 Å². The molecule has 232 valence electrons. The van der Waals surface area contributed by atoms with Crippen LogP contribution in [0.5, 0.6) is 0 Å². The van der Waals surface area contributed by atoms with Gasteiger partial charge in [0, 0.05) is 42.8 Å². The highest BCUT2D eigenvalue weighted by Gasteiger charge is 2.57. The van der Waals surface area contributed by atoms with Crippen LogP contribution < -0.4 is 10.2 Å². The molecule has 5 atom stereocenters. The zero-order valence-corrected chi connectivity index (χ0v) is 24.2. The van der Waals surface area contributed by atoms with E-state index in [1.165, 1.54) is 11.0 Å². The van der Waals surface area contributed by atoms with Crippen LogP contribution in [0.3, 0.4) is 0 Å². The molecule has 2 aliphatic carbocycles. The van der Waals surface area contributed by atoms with Gasteiger partial charge >= 0.3 is 6.18 Å². The van der Waals surface area contributed by atoms with E-state index in [0.717, 1.165) is 37.5 Å². The standard InChI is InChI=1S/C31H33F3N6O4/c1-2-38-28-24(23(16-6-7-16)25(29(38)42)36-27(41)17-4-3-5-19(12-17)31(32,33)34)26(37-40(28)20-8-10-44-11-9-20)30(43)39-21(15-35)13-18-14-22(18)39/h3-5,12,16,18,20-23,25H,2,6-11,13-14H2,1H3,(H,36,41)/t18-,21-,22+,23?,25-/m0/s1. The Bertz CT molecular complexity index is 1560. The number of alkyl halides is 3. The molecule has 4 fully saturated rings. The average Bonchev–Trinajstić information content (AvgIpc) is 3.94.